The summed E-state index contributed by atoms with van der Waals surface area (Å²) < 4.78 is 2.63. The van der Waals surface area contributed by atoms with Crippen LogP contribution in [0.4, 0.5) is 5.69 Å². The Morgan fingerprint density at radius 1 is 0.863 bits per heavy atom. The Kier molecular flexibility index (Phi) is 6.17. The molecule has 0 spiro atoms. The largest absolute Gasteiger partial charge is 0.374 e. The van der Waals surface area contributed by atoms with Gasteiger partial charge in [-0.3, -0.25) is 0 Å². The molecule has 0 saturated carbocycles. The summed E-state index contributed by atoms with van der Waals surface area (Å²) in [6, 6.07) is 38.7. The summed E-state index contributed by atoms with van der Waals surface area (Å²) in [5, 5.41) is 13.8. The van der Waals surface area contributed by atoms with Gasteiger partial charge in [-0.1, -0.05) is 110 Å². The zero-order valence-corrected chi connectivity index (χ0v) is 28.6. The predicted octanol–water partition coefficient (Wildman–Crippen LogP) is 9.62. The Morgan fingerprint density at radius 2 is 1.65 bits per heavy atom. The van der Waals surface area contributed by atoms with Gasteiger partial charge < -0.3 is 25.7 Å². The van der Waals surface area contributed by atoms with Gasteiger partial charge in [-0.05, 0) is 88.3 Å². The topological polar surface area (TPSA) is 57.7 Å². The maximum Gasteiger partial charge on any atom is 0.107 e. The molecular weight excluding hydrogens is 623 g/mol. The normalized spacial score (nSPS) is 23.7. The average Bonchev–Trinajstić information content (AvgIpc) is 3.87. The Hall–Kier alpha value is -5.78. The number of fused-ring (bicyclic) bond motifs is 14. The van der Waals surface area contributed by atoms with Crippen LogP contribution in [0.3, 0.4) is 0 Å². The van der Waals surface area contributed by atoms with Crippen LogP contribution >= 0.6 is 0 Å². The molecule has 11 rings (SSSR count). The van der Waals surface area contributed by atoms with E-state index in [-0.39, 0.29) is 24.2 Å². The number of aromatic nitrogens is 1. The van der Waals surface area contributed by atoms with Crippen molar-refractivity contribution in [2.75, 3.05) is 4.90 Å². The highest BCUT2D eigenvalue weighted by atomic mass is 15.3. The first kappa shape index (κ1) is 29.0. The number of nitrogens with one attached hydrogen (secondary N) is 2. The fraction of sp³-hybridized carbons (Fsp3) is 0.174. The monoisotopic (exact) mass is 661 g/mol. The van der Waals surface area contributed by atoms with Crippen molar-refractivity contribution in [2.24, 2.45) is 11.7 Å². The lowest BCUT2D eigenvalue weighted by Gasteiger charge is -2.38. The quantitative estimate of drug-likeness (QED) is 0.176. The lowest BCUT2D eigenvalue weighted by atomic mass is 9.76. The second kappa shape index (κ2) is 10.9. The van der Waals surface area contributed by atoms with Gasteiger partial charge in [0.15, 0.2) is 0 Å². The Labute approximate surface area is 297 Å². The van der Waals surface area contributed by atoms with E-state index in [2.05, 4.69) is 160 Å². The maximum absolute atomic E-state index is 6.66. The van der Waals surface area contributed by atoms with Crippen molar-refractivity contribution in [3.8, 4) is 11.1 Å². The van der Waals surface area contributed by atoms with Gasteiger partial charge in [0, 0.05) is 33.3 Å². The number of allylic oxidation sites excluding steroid dienone is 5. The molecule has 5 unspecified atom stereocenters. The molecule has 2 aliphatic heterocycles. The highest BCUT2D eigenvalue weighted by Crippen LogP contribution is 2.61. The van der Waals surface area contributed by atoms with E-state index in [1.807, 2.05) is 6.20 Å². The van der Waals surface area contributed by atoms with Crippen LogP contribution in [0.1, 0.15) is 48.5 Å². The molecule has 4 heterocycles. The van der Waals surface area contributed by atoms with Crippen molar-refractivity contribution in [3.05, 3.63) is 168 Å². The molecule has 248 valence electrons. The average molecular weight is 662 g/mol. The number of hydrogen-bond acceptors (Lipinski definition) is 4. The van der Waals surface area contributed by atoms with Gasteiger partial charge in [0.1, 0.15) is 5.82 Å². The molecule has 4 N–H and O–H groups in total. The third-order valence-corrected chi connectivity index (χ3v) is 11.8. The van der Waals surface area contributed by atoms with E-state index < -0.39 is 0 Å². The standard InChI is InChI=1S/C46H39N5/c1-27-11-2-3-12-28(23-27)24-40(49-37-21-22-48-46(37)47)50-38-20-9-8-17-34(38)41-31-15-6-7-16-32(31)42-35-19-10-18-33-36-25-29-13-4-5-14-30(29)26-39(36)51(43(33)35)45(42)44(41)50/h2-10,12-22,24-27,37,41,44,46,48-49H,11,23,47H2,1H3/b40-24-. The Bertz CT molecular complexity index is 2670. The molecule has 0 bridgehead atoms. The lowest BCUT2D eigenvalue weighted by Crippen LogP contribution is -2.49. The third-order valence-electron chi connectivity index (χ3n) is 11.8. The molecule has 51 heavy (non-hydrogen) atoms. The lowest BCUT2D eigenvalue weighted by molar-refractivity contribution is 0.502. The highest BCUT2D eigenvalue weighted by Gasteiger charge is 2.49. The maximum atomic E-state index is 6.66. The van der Waals surface area contributed by atoms with Gasteiger partial charge in [0.2, 0.25) is 0 Å². The fourth-order valence-electron chi connectivity index (χ4n) is 9.67. The van der Waals surface area contributed by atoms with Crippen molar-refractivity contribution in [3.63, 3.8) is 0 Å². The fourth-order valence-corrected chi connectivity index (χ4v) is 9.67. The second-order valence-electron chi connectivity index (χ2n) is 14.9. The van der Waals surface area contributed by atoms with E-state index in [9.17, 15) is 0 Å². The molecule has 2 aliphatic carbocycles. The molecule has 2 aromatic heterocycles. The molecule has 0 amide bonds. The van der Waals surface area contributed by atoms with Crippen LogP contribution < -0.4 is 21.3 Å². The number of rotatable bonds is 4. The van der Waals surface area contributed by atoms with E-state index in [1.165, 1.54) is 77.2 Å². The minimum Gasteiger partial charge on any atom is -0.374 e. The van der Waals surface area contributed by atoms with Gasteiger partial charge in [-0.25, -0.2) is 0 Å². The van der Waals surface area contributed by atoms with E-state index in [4.69, 9.17) is 5.73 Å². The zero-order chi connectivity index (χ0) is 33.8. The van der Waals surface area contributed by atoms with Crippen molar-refractivity contribution < 1.29 is 0 Å². The Morgan fingerprint density at radius 3 is 2.51 bits per heavy atom. The van der Waals surface area contributed by atoms with Crippen molar-refractivity contribution in [2.45, 2.75) is 43.9 Å². The number of benzene rings is 5. The summed E-state index contributed by atoms with van der Waals surface area (Å²) in [5.74, 6) is 1.78. The molecule has 0 fully saturated rings. The van der Waals surface area contributed by atoms with Gasteiger partial charge in [-0.2, -0.15) is 0 Å². The number of nitrogens with zero attached hydrogens (tertiary/aromatic N) is 2. The smallest absolute Gasteiger partial charge is 0.107 e. The van der Waals surface area contributed by atoms with Crippen LogP contribution in [0.5, 0.6) is 0 Å². The minimum absolute atomic E-state index is 0.00219. The number of anilines is 1. The third kappa shape index (κ3) is 4.13. The molecular formula is C46H39N5. The van der Waals surface area contributed by atoms with Crippen molar-refractivity contribution in [1.29, 1.82) is 0 Å². The van der Waals surface area contributed by atoms with E-state index in [0.29, 0.717) is 5.92 Å². The van der Waals surface area contributed by atoms with Gasteiger partial charge in [0.25, 0.3) is 0 Å². The van der Waals surface area contributed by atoms with E-state index in [1.54, 1.807) is 0 Å². The summed E-state index contributed by atoms with van der Waals surface area (Å²) in [7, 11) is 0. The second-order valence-corrected chi connectivity index (χ2v) is 14.9. The van der Waals surface area contributed by atoms with Crippen LogP contribution in [0, 0.1) is 5.92 Å². The minimum atomic E-state index is -0.220. The number of para-hydroxylation sites is 2. The van der Waals surface area contributed by atoms with Crippen LogP contribution in [0.15, 0.2) is 151 Å². The summed E-state index contributed by atoms with van der Waals surface area (Å²) in [6.07, 6.45) is 15.3. The first-order valence-electron chi connectivity index (χ1n) is 18.3. The van der Waals surface area contributed by atoms with Crippen LogP contribution in [-0.4, -0.2) is 16.6 Å². The SMILES string of the molecule is CC1CC=CC=C(/C=C(/NC2C=CNC2N)N2c3ccccc3C3c4ccccc4-c4c(n5c6cc7ccccc7cc6c6cccc4c65)C32)C1. The molecule has 5 atom stereocenters. The van der Waals surface area contributed by atoms with Crippen LogP contribution in [0.2, 0.25) is 0 Å². The Balaban J connectivity index is 1.24. The van der Waals surface area contributed by atoms with E-state index >= 15 is 0 Å². The van der Waals surface area contributed by atoms with Gasteiger partial charge in [-0.15, -0.1) is 0 Å². The summed E-state index contributed by atoms with van der Waals surface area (Å²) in [4.78, 5) is 2.62. The molecule has 5 heteroatoms. The number of nitrogens with two attached hydrogens (primary N) is 1. The first-order valence-corrected chi connectivity index (χ1v) is 18.3. The summed E-state index contributed by atoms with van der Waals surface area (Å²) in [5.41, 5.74) is 18.6. The molecule has 5 aromatic carbocycles. The molecule has 7 aromatic rings. The van der Waals surface area contributed by atoms with Gasteiger partial charge >= 0.3 is 0 Å². The van der Waals surface area contributed by atoms with E-state index in [0.717, 1.165) is 18.7 Å². The predicted molar refractivity (Wildman–Crippen MR) is 211 cm³/mol. The zero-order valence-electron chi connectivity index (χ0n) is 28.6. The van der Waals surface area contributed by atoms with Crippen molar-refractivity contribution in [1.82, 2.24) is 15.0 Å². The number of hydrogen-bond donors (Lipinski definition) is 3. The first-order chi connectivity index (χ1) is 25.1. The van der Waals surface area contributed by atoms with Crippen molar-refractivity contribution >= 4 is 43.7 Å². The summed E-state index contributed by atoms with van der Waals surface area (Å²) in [6.45, 7) is 2.35. The molecule has 5 nitrogen and oxygen atoms in total. The molecule has 0 radical (unpaired) electrons. The van der Waals surface area contributed by atoms with Gasteiger partial charge in [0.05, 0.1) is 35.0 Å². The summed E-state index contributed by atoms with van der Waals surface area (Å²) >= 11 is 0. The van der Waals surface area contributed by atoms with Crippen LogP contribution in [0.25, 0.3) is 49.1 Å². The van der Waals surface area contributed by atoms with Crippen LogP contribution in [-0.2, 0) is 0 Å². The highest BCUT2D eigenvalue weighted by molar-refractivity contribution is 6.21. The molecule has 0 saturated heterocycles. The molecule has 4 aliphatic rings.